The third kappa shape index (κ3) is 2.92. The number of ketones is 1. The lowest BCUT2D eigenvalue weighted by atomic mass is 10.00. The number of carbonyl (C=O) groups excluding carboxylic acids is 1. The SMILES string of the molecule is COCC(=O)CCc1cccc2ccccc12. The molecule has 0 unspecified atom stereocenters. The van der Waals surface area contributed by atoms with Crippen molar-refractivity contribution in [3.63, 3.8) is 0 Å². The number of fused-ring (bicyclic) bond motifs is 1. The van der Waals surface area contributed by atoms with Crippen LogP contribution in [0.5, 0.6) is 0 Å². The minimum Gasteiger partial charge on any atom is -0.377 e. The van der Waals surface area contributed by atoms with Gasteiger partial charge in [0.05, 0.1) is 0 Å². The minimum atomic E-state index is 0.153. The number of rotatable bonds is 5. The standard InChI is InChI=1S/C15H16O2/c1-17-11-14(16)10-9-13-7-4-6-12-5-2-3-8-15(12)13/h2-8H,9-11H2,1H3. The molecule has 0 bridgehead atoms. The molecule has 0 N–H and O–H groups in total. The molecule has 2 aromatic carbocycles. The van der Waals surface area contributed by atoms with Gasteiger partial charge in [0.1, 0.15) is 6.61 Å². The van der Waals surface area contributed by atoms with E-state index in [-0.39, 0.29) is 12.4 Å². The minimum absolute atomic E-state index is 0.153. The molecule has 0 atom stereocenters. The van der Waals surface area contributed by atoms with E-state index in [1.165, 1.54) is 16.3 Å². The number of methoxy groups -OCH3 is 1. The van der Waals surface area contributed by atoms with Gasteiger partial charge in [-0.05, 0) is 22.8 Å². The van der Waals surface area contributed by atoms with Crippen LogP contribution in [0.1, 0.15) is 12.0 Å². The second-order valence-electron chi connectivity index (χ2n) is 4.11. The van der Waals surface area contributed by atoms with Gasteiger partial charge in [-0.2, -0.15) is 0 Å². The number of Topliss-reactive ketones (excluding diaryl/α,β-unsaturated/α-hetero) is 1. The van der Waals surface area contributed by atoms with E-state index in [4.69, 9.17) is 4.74 Å². The molecule has 17 heavy (non-hydrogen) atoms. The molecule has 0 heterocycles. The molecular weight excluding hydrogens is 212 g/mol. The number of aryl methyl sites for hydroxylation is 1. The fraction of sp³-hybridized carbons (Fsp3) is 0.267. The molecule has 0 aromatic heterocycles. The molecule has 0 radical (unpaired) electrons. The number of carbonyl (C=O) groups is 1. The first-order chi connectivity index (χ1) is 8.31. The molecule has 0 aliphatic heterocycles. The van der Waals surface area contributed by atoms with Crippen molar-refractivity contribution in [3.8, 4) is 0 Å². The van der Waals surface area contributed by atoms with Crippen LogP contribution in [0.4, 0.5) is 0 Å². The molecule has 0 spiro atoms. The van der Waals surface area contributed by atoms with E-state index < -0.39 is 0 Å². The van der Waals surface area contributed by atoms with Gasteiger partial charge in [-0.1, -0.05) is 42.5 Å². The highest BCUT2D eigenvalue weighted by Crippen LogP contribution is 2.19. The van der Waals surface area contributed by atoms with Gasteiger partial charge in [0, 0.05) is 13.5 Å². The quantitative estimate of drug-likeness (QED) is 0.786. The third-order valence-electron chi connectivity index (χ3n) is 2.86. The van der Waals surface area contributed by atoms with Crippen LogP contribution >= 0.6 is 0 Å². The maximum absolute atomic E-state index is 11.4. The molecule has 88 valence electrons. The van der Waals surface area contributed by atoms with Gasteiger partial charge >= 0.3 is 0 Å². The predicted molar refractivity (Wildman–Crippen MR) is 69.2 cm³/mol. The van der Waals surface area contributed by atoms with Crippen molar-refractivity contribution in [2.75, 3.05) is 13.7 Å². The van der Waals surface area contributed by atoms with E-state index in [9.17, 15) is 4.79 Å². The first-order valence-electron chi connectivity index (χ1n) is 5.78. The van der Waals surface area contributed by atoms with Crippen LogP contribution in [0, 0.1) is 0 Å². The van der Waals surface area contributed by atoms with Crippen LogP contribution in [0.2, 0.25) is 0 Å². The summed E-state index contributed by atoms with van der Waals surface area (Å²) in [7, 11) is 1.55. The van der Waals surface area contributed by atoms with Gasteiger partial charge in [-0.15, -0.1) is 0 Å². The zero-order valence-corrected chi connectivity index (χ0v) is 9.98. The lowest BCUT2D eigenvalue weighted by Gasteiger charge is -2.05. The summed E-state index contributed by atoms with van der Waals surface area (Å²) >= 11 is 0. The van der Waals surface area contributed by atoms with Gasteiger partial charge in [-0.3, -0.25) is 4.79 Å². The lowest BCUT2D eigenvalue weighted by Crippen LogP contribution is -2.07. The van der Waals surface area contributed by atoms with E-state index in [1.807, 2.05) is 18.2 Å². The Hall–Kier alpha value is -1.67. The van der Waals surface area contributed by atoms with Crippen LogP contribution < -0.4 is 0 Å². The van der Waals surface area contributed by atoms with Crippen LogP contribution in [0.15, 0.2) is 42.5 Å². The van der Waals surface area contributed by atoms with Gasteiger partial charge in [-0.25, -0.2) is 0 Å². The maximum atomic E-state index is 11.4. The second kappa shape index (κ2) is 5.60. The van der Waals surface area contributed by atoms with Crippen molar-refractivity contribution >= 4 is 16.6 Å². The van der Waals surface area contributed by atoms with Crippen molar-refractivity contribution in [2.24, 2.45) is 0 Å². The highest BCUT2D eigenvalue weighted by molar-refractivity contribution is 5.86. The Morgan fingerprint density at radius 3 is 2.71 bits per heavy atom. The number of hydrogen-bond acceptors (Lipinski definition) is 2. The molecule has 2 heteroatoms. The Morgan fingerprint density at radius 1 is 1.12 bits per heavy atom. The molecule has 0 saturated heterocycles. The normalized spacial score (nSPS) is 10.6. The van der Waals surface area contributed by atoms with E-state index in [1.54, 1.807) is 7.11 Å². The van der Waals surface area contributed by atoms with Gasteiger partial charge in [0.25, 0.3) is 0 Å². The Kier molecular flexibility index (Phi) is 3.89. The average molecular weight is 228 g/mol. The van der Waals surface area contributed by atoms with Crippen LogP contribution in [0.3, 0.4) is 0 Å². The average Bonchev–Trinajstić information content (AvgIpc) is 2.36. The number of benzene rings is 2. The van der Waals surface area contributed by atoms with Crippen molar-refractivity contribution in [3.05, 3.63) is 48.0 Å². The molecule has 0 aliphatic rings. The van der Waals surface area contributed by atoms with Crippen LogP contribution in [-0.2, 0) is 16.0 Å². The van der Waals surface area contributed by atoms with Crippen molar-refractivity contribution in [2.45, 2.75) is 12.8 Å². The first-order valence-corrected chi connectivity index (χ1v) is 5.78. The highest BCUT2D eigenvalue weighted by atomic mass is 16.5. The monoisotopic (exact) mass is 228 g/mol. The third-order valence-corrected chi connectivity index (χ3v) is 2.86. The summed E-state index contributed by atoms with van der Waals surface area (Å²) in [6.07, 6.45) is 1.32. The van der Waals surface area contributed by atoms with Crippen LogP contribution in [0.25, 0.3) is 10.8 Å². The van der Waals surface area contributed by atoms with Crippen molar-refractivity contribution in [1.82, 2.24) is 0 Å². The van der Waals surface area contributed by atoms with Gasteiger partial charge in [0.2, 0.25) is 0 Å². The Morgan fingerprint density at radius 2 is 1.88 bits per heavy atom. The zero-order valence-electron chi connectivity index (χ0n) is 9.98. The summed E-state index contributed by atoms with van der Waals surface area (Å²) in [4.78, 5) is 11.4. The molecule has 0 aliphatic carbocycles. The van der Waals surface area contributed by atoms with Crippen molar-refractivity contribution < 1.29 is 9.53 Å². The molecule has 2 rings (SSSR count). The lowest BCUT2D eigenvalue weighted by molar-refractivity contribution is -0.122. The predicted octanol–water partition coefficient (Wildman–Crippen LogP) is 2.99. The smallest absolute Gasteiger partial charge is 0.158 e. The molecule has 0 fully saturated rings. The Bertz CT molecular complexity index is 512. The topological polar surface area (TPSA) is 26.3 Å². The summed E-state index contributed by atoms with van der Waals surface area (Å²) in [6.45, 7) is 0.213. The summed E-state index contributed by atoms with van der Waals surface area (Å²) in [6, 6.07) is 14.5. The van der Waals surface area contributed by atoms with Gasteiger partial charge < -0.3 is 4.74 Å². The molecule has 2 aromatic rings. The molecular formula is C15H16O2. The summed E-state index contributed by atoms with van der Waals surface area (Å²) in [5.41, 5.74) is 1.23. The molecule has 0 saturated carbocycles. The fourth-order valence-corrected chi connectivity index (χ4v) is 2.02. The summed E-state index contributed by atoms with van der Waals surface area (Å²) < 4.78 is 4.83. The van der Waals surface area contributed by atoms with E-state index in [2.05, 4.69) is 24.3 Å². The maximum Gasteiger partial charge on any atom is 0.158 e. The summed E-state index contributed by atoms with van der Waals surface area (Å²) in [5.74, 6) is 0.153. The zero-order chi connectivity index (χ0) is 12.1. The Balaban J connectivity index is 2.16. The van der Waals surface area contributed by atoms with E-state index in [0.29, 0.717) is 6.42 Å². The van der Waals surface area contributed by atoms with Crippen LogP contribution in [-0.4, -0.2) is 19.5 Å². The van der Waals surface area contributed by atoms with E-state index in [0.717, 1.165) is 6.42 Å². The molecule has 2 nitrogen and oxygen atoms in total. The van der Waals surface area contributed by atoms with Crippen molar-refractivity contribution in [1.29, 1.82) is 0 Å². The van der Waals surface area contributed by atoms with Gasteiger partial charge in [0.15, 0.2) is 5.78 Å². The highest BCUT2D eigenvalue weighted by Gasteiger charge is 2.04. The largest absolute Gasteiger partial charge is 0.377 e. The first kappa shape index (κ1) is 11.8. The molecule has 0 amide bonds. The number of hydrogen-bond donors (Lipinski definition) is 0. The fourth-order valence-electron chi connectivity index (χ4n) is 2.02. The summed E-state index contributed by atoms with van der Waals surface area (Å²) in [5, 5.41) is 2.46. The Labute approximate surface area is 101 Å². The second-order valence-corrected chi connectivity index (χ2v) is 4.11. The number of ether oxygens (including phenoxy) is 1. The van der Waals surface area contributed by atoms with E-state index >= 15 is 0 Å².